The van der Waals surface area contributed by atoms with Crippen LogP contribution in [0.15, 0.2) is 60.7 Å². The van der Waals surface area contributed by atoms with Crippen LogP contribution in [0.1, 0.15) is 11.1 Å². The first-order chi connectivity index (χ1) is 12.2. The van der Waals surface area contributed by atoms with Crippen LogP contribution in [0, 0.1) is 0 Å². The molecular formula is C19H25N3O2S. The fourth-order valence-corrected chi connectivity index (χ4v) is 4.60. The van der Waals surface area contributed by atoms with Crippen molar-refractivity contribution < 1.29 is 8.42 Å². The summed E-state index contributed by atoms with van der Waals surface area (Å²) < 4.78 is 29.5. The van der Waals surface area contributed by atoms with Crippen molar-refractivity contribution in [1.82, 2.24) is 13.9 Å². The van der Waals surface area contributed by atoms with Crippen LogP contribution in [0.2, 0.25) is 0 Å². The van der Waals surface area contributed by atoms with Crippen molar-refractivity contribution in [3.8, 4) is 0 Å². The summed E-state index contributed by atoms with van der Waals surface area (Å²) in [5.74, 6) is 0. The average molecular weight is 359 g/mol. The Kier molecular flexibility index (Phi) is 6.20. The summed E-state index contributed by atoms with van der Waals surface area (Å²) >= 11 is 0. The molecule has 1 fully saturated rings. The van der Waals surface area contributed by atoms with E-state index >= 15 is 0 Å². The van der Waals surface area contributed by atoms with Crippen molar-refractivity contribution in [2.24, 2.45) is 0 Å². The van der Waals surface area contributed by atoms with Gasteiger partial charge < -0.3 is 5.32 Å². The maximum atomic E-state index is 13.1. The van der Waals surface area contributed by atoms with E-state index in [4.69, 9.17) is 0 Å². The van der Waals surface area contributed by atoms with Gasteiger partial charge in [0.2, 0.25) is 0 Å². The summed E-state index contributed by atoms with van der Waals surface area (Å²) in [6.07, 6.45) is 0.707. The molecule has 134 valence electrons. The highest BCUT2D eigenvalue weighted by Gasteiger charge is 2.30. The van der Waals surface area contributed by atoms with Crippen molar-refractivity contribution in [2.45, 2.75) is 13.0 Å². The summed E-state index contributed by atoms with van der Waals surface area (Å²) in [5.41, 5.74) is 2.16. The van der Waals surface area contributed by atoms with Gasteiger partial charge >= 0.3 is 0 Å². The molecule has 1 saturated heterocycles. The SMILES string of the molecule is O=S(=O)(N1CCNCC1)N(CCc1ccccc1)Cc1ccccc1. The van der Waals surface area contributed by atoms with Crippen molar-refractivity contribution >= 4 is 10.2 Å². The van der Waals surface area contributed by atoms with Gasteiger partial charge in [0.25, 0.3) is 10.2 Å². The Balaban J connectivity index is 1.77. The number of hydrogen-bond acceptors (Lipinski definition) is 3. The maximum absolute atomic E-state index is 13.1. The van der Waals surface area contributed by atoms with E-state index in [-0.39, 0.29) is 0 Å². The molecular weight excluding hydrogens is 334 g/mol. The minimum Gasteiger partial charge on any atom is -0.314 e. The number of benzene rings is 2. The Bertz CT molecular complexity index is 745. The molecule has 5 nitrogen and oxygen atoms in total. The number of piperazine rings is 1. The Hall–Kier alpha value is -1.73. The molecule has 2 aromatic rings. The van der Waals surface area contributed by atoms with Gasteiger partial charge in [-0.25, -0.2) is 0 Å². The minimum absolute atomic E-state index is 0.403. The first-order valence-corrected chi connectivity index (χ1v) is 10.1. The molecule has 1 N–H and O–H groups in total. The smallest absolute Gasteiger partial charge is 0.282 e. The molecule has 0 saturated carbocycles. The largest absolute Gasteiger partial charge is 0.314 e. The zero-order valence-corrected chi connectivity index (χ0v) is 15.2. The Morgan fingerprint density at radius 2 is 1.44 bits per heavy atom. The second-order valence-corrected chi connectivity index (χ2v) is 8.14. The lowest BCUT2D eigenvalue weighted by atomic mass is 10.1. The third kappa shape index (κ3) is 4.89. The first-order valence-electron chi connectivity index (χ1n) is 8.70. The molecule has 0 unspecified atom stereocenters. The third-order valence-corrected chi connectivity index (χ3v) is 6.40. The number of hydrogen-bond donors (Lipinski definition) is 1. The zero-order chi connectivity index (χ0) is 17.5. The van der Waals surface area contributed by atoms with Crippen molar-refractivity contribution in [2.75, 3.05) is 32.7 Å². The Labute approximate surface area is 150 Å². The van der Waals surface area contributed by atoms with E-state index < -0.39 is 10.2 Å². The van der Waals surface area contributed by atoms with Gasteiger partial charge in [-0.05, 0) is 17.5 Å². The lowest BCUT2D eigenvalue weighted by Gasteiger charge is -2.32. The van der Waals surface area contributed by atoms with E-state index in [1.165, 1.54) is 0 Å². The predicted octanol–water partition coefficient (Wildman–Crippen LogP) is 1.88. The summed E-state index contributed by atoms with van der Waals surface area (Å²) in [7, 11) is -3.47. The van der Waals surface area contributed by atoms with E-state index in [0.29, 0.717) is 45.7 Å². The normalized spacial score (nSPS) is 16.2. The van der Waals surface area contributed by atoms with E-state index in [9.17, 15) is 8.42 Å². The van der Waals surface area contributed by atoms with E-state index in [0.717, 1.165) is 11.1 Å². The highest BCUT2D eigenvalue weighted by atomic mass is 32.2. The van der Waals surface area contributed by atoms with Gasteiger partial charge in [0.1, 0.15) is 0 Å². The monoisotopic (exact) mass is 359 g/mol. The average Bonchev–Trinajstić information content (AvgIpc) is 2.67. The van der Waals surface area contributed by atoms with Gasteiger partial charge in [-0.2, -0.15) is 17.0 Å². The molecule has 0 aromatic heterocycles. The van der Waals surface area contributed by atoms with Crippen molar-refractivity contribution in [3.63, 3.8) is 0 Å². The van der Waals surface area contributed by atoms with Gasteiger partial charge in [-0.15, -0.1) is 0 Å². The number of nitrogens with zero attached hydrogens (tertiary/aromatic N) is 2. The lowest BCUT2D eigenvalue weighted by Crippen LogP contribution is -2.51. The molecule has 1 aliphatic heterocycles. The number of rotatable bonds is 7. The van der Waals surface area contributed by atoms with E-state index in [1.54, 1.807) is 8.61 Å². The summed E-state index contributed by atoms with van der Waals surface area (Å²) in [6.45, 7) is 3.34. The first kappa shape index (κ1) is 18.1. The highest BCUT2D eigenvalue weighted by molar-refractivity contribution is 7.86. The third-order valence-electron chi connectivity index (χ3n) is 4.42. The van der Waals surface area contributed by atoms with Crippen LogP contribution in [0.3, 0.4) is 0 Å². The molecule has 6 heteroatoms. The minimum atomic E-state index is -3.47. The zero-order valence-electron chi connectivity index (χ0n) is 14.3. The van der Waals surface area contributed by atoms with Crippen LogP contribution in [-0.4, -0.2) is 49.8 Å². The molecule has 2 aromatic carbocycles. The van der Waals surface area contributed by atoms with Crippen molar-refractivity contribution in [1.29, 1.82) is 0 Å². The topological polar surface area (TPSA) is 52.7 Å². The molecule has 3 rings (SSSR count). The standard InChI is InChI=1S/C19H25N3O2S/c23-25(24,21-15-12-20-13-16-21)22(17-19-9-5-2-6-10-19)14-11-18-7-3-1-4-8-18/h1-10,20H,11-17H2. The second kappa shape index (κ2) is 8.58. The van der Waals surface area contributed by atoms with Gasteiger partial charge in [-0.1, -0.05) is 60.7 Å². The Morgan fingerprint density at radius 3 is 2.04 bits per heavy atom. The van der Waals surface area contributed by atoms with Crippen LogP contribution < -0.4 is 5.32 Å². The molecule has 0 atom stereocenters. The fourth-order valence-electron chi connectivity index (χ4n) is 3.00. The summed E-state index contributed by atoms with van der Waals surface area (Å²) in [4.78, 5) is 0. The van der Waals surface area contributed by atoms with Gasteiger partial charge in [0, 0.05) is 39.3 Å². The molecule has 25 heavy (non-hydrogen) atoms. The van der Waals surface area contributed by atoms with E-state index in [1.807, 2.05) is 60.7 Å². The molecule has 0 radical (unpaired) electrons. The molecule has 0 aliphatic carbocycles. The van der Waals surface area contributed by atoms with Crippen LogP contribution in [0.4, 0.5) is 0 Å². The van der Waals surface area contributed by atoms with Crippen LogP contribution in [-0.2, 0) is 23.2 Å². The van der Waals surface area contributed by atoms with Crippen LogP contribution in [0.5, 0.6) is 0 Å². The molecule has 0 spiro atoms. The summed E-state index contributed by atoms with van der Waals surface area (Å²) in [6, 6.07) is 19.8. The van der Waals surface area contributed by atoms with Crippen molar-refractivity contribution in [3.05, 3.63) is 71.8 Å². The molecule has 0 amide bonds. The quantitative estimate of drug-likeness (QED) is 0.821. The summed E-state index contributed by atoms with van der Waals surface area (Å²) in [5, 5.41) is 3.21. The number of nitrogens with one attached hydrogen (secondary N) is 1. The van der Waals surface area contributed by atoms with Crippen LogP contribution in [0.25, 0.3) is 0 Å². The molecule has 0 bridgehead atoms. The predicted molar refractivity (Wildman–Crippen MR) is 100 cm³/mol. The fraction of sp³-hybridized carbons (Fsp3) is 0.368. The van der Waals surface area contributed by atoms with Gasteiger partial charge in [0.15, 0.2) is 0 Å². The molecule has 1 aliphatic rings. The van der Waals surface area contributed by atoms with Gasteiger partial charge in [-0.3, -0.25) is 0 Å². The maximum Gasteiger partial charge on any atom is 0.282 e. The lowest BCUT2D eigenvalue weighted by molar-refractivity contribution is 0.309. The second-order valence-electron chi connectivity index (χ2n) is 6.21. The highest BCUT2D eigenvalue weighted by Crippen LogP contribution is 2.15. The van der Waals surface area contributed by atoms with Gasteiger partial charge in [0.05, 0.1) is 0 Å². The Morgan fingerprint density at radius 1 is 0.880 bits per heavy atom. The molecule has 1 heterocycles. The van der Waals surface area contributed by atoms with Crippen LogP contribution >= 0.6 is 0 Å². The van der Waals surface area contributed by atoms with E-state index in [2.05, 4.69) is 5.32 Å².